The van der Waals surface area contributed by atoms with Crippen LogP contribution in [0.25, 0.3) is 0 Å². The Hall–Kier alpha value is -5.19. The Bertz CT molecular complexity index is 1570. The van der Waals surface area contributed by atoms with Gasteiger partial charge in [0, 0.05) is 29.9 Å². The molecule has 14 nitrogen and oxygen atoms in total. The SMILES string of the molecule is CNC(=O)C(=O)NC[C@@H](NC(=O)c1ccc(Nc2nc(NC3(c4ccc(Cl)cc4)CC3)nc(OCC(F)(F)F)n2)cc1)C(=O)O. The first-order valence-electron chi connectivity index (χ1n) is 13.2. The third-order valence-electron chi connectivity index (χ3n) is 6.38. The van der Waals surface area contributed by atoms with Crippen molar-refractivity contribution in [2.75, 3.05) is 30.8 Å². The van der Waals surface area contributed by atoms with Gasteiger partial charge in [-0.25, -0.2) is 4.79 Å². The van der Waals surface area contributed by atoms with Crippen LogP contribution in [0.3, 0.4) is 0 Å². The Morgan fingerprint density at radius 2 is 1.62 bits per heavy atom. The lowest BCUT2D eigenvalue weighted by atomic mass is 10.1. The van der Waals surface area contributed by atoms with Crippen molar-refractivity contribution in [3.05, 3.63) is 64.7 Å². The summed E-state index contributed by atoms with van der Waals surface area (Å²) in [7, 11) is 1.22. The average Bonchev–Trinajstić information content (AvgIpc) is 3.77. The molecule has 0 bridgehead atoms. The molecule has 45 heavy (non-hydrogen) atoms. The van der Waals surface area contributed by atoms with Crippen LogP contribution in [0.1, 0.15) is 28.8 Å². The van der Waals surface area contributed by atoms with Crippen LogP contribution in [-0.4, -0.2) is 76.2 Å². The lowest BCUT2D eigenvalue weighted by Crippen LogP contribution is -2.50. The van der Waals surface area contributed by atoms with E-state index in [1.165, 1.54) is 31.3 Å². The van der Waals surface area contributed by atoms with Crippen molar-refractivity contribution < 1.29 is 42.2 Å². The fourth-order valence-electron chi connectivity index (χ4n) is 3.94. The molecule has 1 fully saturated rings. The first kappa shape index (κ1) is 32.7. The summed E-state index contributed by atoms with van der Waals surface area (Å²) >= 11 is 5.99. The van der Waals surface area contributed by atoms with Crippen LogP contribution in [-0.2, 0) is 19.9 Å². The van der Waals surface area contributed by atoms with Crippen molar-refractivity contribution in [3.63, 3.8) is 0 Å². The summed E-state index contributed by atoms with van der Waals surface area (Å²) in [5, 5.41) is 22.3. The van der Waals surface area contributed by atoms with Crippen LogP contribution in [0.15, 0.2) is 48.5 Å². The standard InChI is InChI=1S/C27H26ClF3N8O6/c1-32-20(41)21(42)33-12-18(22(43)44)35-19(40)14-2-8-17(9-3-14)34-23-36-24(38-25(37-23)45-13-27(29,30)31)39-26(10-11-26)15-4-6-16(28)7-5-15/h2-9,18H,10-13H2,1H3,(H,32,41)(H,33,42)(H,35,40)(H,43,44)(H2,34,36,37,38,39)/t18-/m1/s1. The zero-order valence-corrected chi connectivity index (χ0v) is 24.1. The molecular weight excluding hydrogens is 625 g/mol. The van der Waals surface area contributed by atoms with Gasteiger partial charge < -0.3 is 36.4 Å². The van der Waals surface area contributed by atoms with Crippen LogP contribution in [0, 0.1) is 0 Å². The number of alkyl halides is 3. The summed E-state index contributed by atoms with van der Waals surface area (Å²) in [5.74, 6) is -4.51. The average molecular weight is 651 g/mol. The van der Waals surface area contributed by atoms with Gasteiger partial charge in [-0.3, -0.25) is 14.4 Å². The Balaban J connectivity index is 1.47. The van der Waals surface area contributed by atoms with Crippen molar-refractivity contribution in [2.45, 2.75) is 30.6 Å². The molecule has 1 heterocycles. The number of halogens is 4. The topological polar surface area (TPSA) is 197 Å². The summed E-state index contributed by atoms with van der Waals surface area (Å²) in [4.78, 5) is 59.3. The molecule has 0 spiro atoms. The van der Waals surface area contributed by atoms with Crippen molar-refractivity contribution in [2.24, 2.45) is 0 Å². The van der Waals surface area contributed by atoms with E-state index in [0.29, 0.717) is 23.6 Å². The maximum atomic E-state index is 12.8. The van der Waals surface area contributed by atoms with E-state index < -0.39 is 60.6 Å². The number of anilines is 3. The highest BCUT2D eigenvalue weighted by molar-refractivity contribution is 6.35. The molecule has 4 rings (SSSR count). The highest BCUT2D eigenvalue weighted by Gasteiger charge is 2.45. The van der Waals surface area contributed by atoms with E-state index in [2.05, 4.69) is 41.5 Å². The molecule has 2 aromatic carbocycles. The molecular formula is C27H26ClF3N8O6. The molecule has 1 aliphatic carbocycles. The summed E-state index contributed by atoms with van der Waals surface area (Å²) in [6.45, 7) is -2.18. The molecule has 18 heteroatoms. The van der Waals surface area contributed by atoms with E-state index >= 15 is 0 Å². The number of rotatable bonds is 12. The molecule has 6 N–H and O–H groups in total. The van der Waals surface area contributed by atoms with Crippen molar-refractivity contribution in [1.82, 2.24) is 30.9 Å². The zero-order chi connectivity index (χ0) is 32.8. The van der Waals surface area contributed by atoms with Gasteiger partial charge in [0.1, 0.15) is 6.04 Å². The minimum absolute atomic E-state index is 0.0373. The molecule has 3 amide bonds. The van der Waals surface area contributed by atoms with Gasteiger partial charge in [-0.05, 0) is 54.8 Å². The third kappa shape index (κ3) is 9.15. The maximum absolute atomic E-state index is 12.8. The van der Waals surface area contributed by atoms with Crippen molar-refractivity contribution >= 4 is 52.9 Å². The van der Waals surface area contributed by atoms with E-state index in [0.717, 1.165) is 5.56 Å². The number of carbonyl (C=O) groups is 4. The first-order valence-corrected chi connectivity index (χ1v) is 13.6. The van der Waals surface area contributed by atoms with Gasteiger partial charge in [0.25, 0.3) is 5.91 Å². The second kappa shape index (κ2) is 13.6. The Kier molecular flexibility index (Phi) is 9.91. The smallest absolute Gasteiger partial charge is 0.422 e. The number of ether oxygens (including phenoxy) is 1. The van der Waals surface area contributed by atoms with Gasteiger partial charge in [0.15, 0.2) is 6.61 Å². The predicted octanol–water partition coefficient (Wildman–Crippen LogP) is 2.36. The predicted molar refractivity (Wildman–Crippen MR) is 153 cm³/mol. The monoisotopic (exact) mass is 650 g/mol. The second-order valence-corrected chi connectivity index (χ2v) is 10.2. The normalized spacial score (nSPS) is 14.0. The lowest BCUT2D eigenvalue weighted by Gasteiger charge is -2.19. The summed E-state index contributed by atoms with van der Waals surface area (Å²) in [6.07, 6.45) is -3.23. The quantitative estimate of drug-likeness (QED) is 0.157. The van der Waals surface area contributed by atoms with E-state index in [1.807, 2.05) is 12.1 Å². The number of nitrogens with zero attached hydrogens (tertiary/aromatic N) is 3. The van der Waals surface area contributed by atoms with E-state index in [-0.39, 0.29) is 17.5 Å². The second-order valence-electron chi connectivity index (χ2n) is 9.74. The van der Waals surface area contributed by atoms with Gasteiger partial charge in [-0.15, -0.1) is 0 Å². The largest absolute Gasteiger partial charge is 0.480 e. The summed E-state index contributed by atoms with van der Waals surface area (Å²) < 4.78 is 43.3. The Morgan fingerprint density at radius 1 is 0.978 bits per heavy atom. The molecule has 1 aliphatic rings. The van der Waals surface area contributed by atoms with Crippen molar-refractivity contribution in [3.8, 4) is 6.01 Å². The van der Waals surface area contributed by atoms with Gasteiger partial charge >= 0.3 is 30.0 Å². The number of hydrogen-bond donors (Lipinski definition) is 6. The van der Waals surface area contributed by atoms with Crippen LogP contribution in [0.4, 0.5) is 30.8 Å². The molecule has 0 unspecified atom stereocenters. The molecule has 3 aromatic rings. The molecule has 0 saturated heterocycles. The number of nitrogens with one attached hydrogen (secondary N) is 5. The molecule has 238 valence electrons. The Labute approximate surface area is 258 Å². The molecule has 1 atom stereocenters. The number of carbonyl (C=O) groups excluding carboxylic acids is 3. The number of aliphatic carboxylic acids is 1. The molecule has 0 radical (unpaired) electrons. The zero-order valence-electron chi connectivity index (χ0n) is 23.4. The number of carboxylic acid groups (broad SMARTS) is 1. The molecule has 1 aromatic heterocycles. The van der Waals surface area contributed by atoms with E-state index in [1.54, 1.807) is 12.1 Å². The number of carboxylic acids is 1. The maximum Gasteiger partial charge on any atom is 0.422 e. The van der Waals surface area contributed by atoms with E-state index in [4.69, 9.17) is 16.3 Å². The number of aromatic nitrogens is 3. The highest BCUT2D eigenvalue weighted by Crippen LogP contribution is 2.48. The van der Waals surface area contributed by atoms with Crippen LogP contribution in [0.2, 0.25) is 5.02 Å². The number of hydrogen-bond acceptors (Lipinski definition) is 10. The number of likely N-dealkylation sites (N-methyl/N-ethyl adjacent to an activating group) is 1. The Morgan fingerprint density at radius 3 is 2.20 bits per heavy atom. The summed E-state index contributed by atoms with van der Waals surface area (Å²) in [6, 6.07) is 10.4. The van der Waals surface area contributed by atoms with Crippen LogP contribution >= 0.6 is 11.6 Å². The van der Waals surface area contributed by atoms with Gasteiger partial charge in [0.2, 0.25) is 11.9 Å². The fraction of sp³-hybridized carbons (Fsp3) is 0.296. The van der Waals surface area contributed by atoms with Crippen molar-refractivity contribution in [1.29, 1.82) is 0 Å². The molecule has 0 aliphatic heterocycles. The fourth-order valence-corrected chi connectivity index (χ4v) is 4.06. The third-order valence-corrected chi connectivity index (χ3v) is 6.64. The highest BCUT2D eigenvalue weighted by atomic mass is 35.5. The van der Waals surface area contributed by atoms with Gasteiger partial charge in [-0.2, -0.15) is 28.1 Å². The van der Waals surface area contributed by atoms with E-state index in [9.17, 15) is 37.5 Å². The van der Waals surface area contributed by atoms with Crippen LogP contribution < -0.4 is 31.3 Å². The van der Waals surface area contributed by atoms with Gasteiger partial charge in [-0.1, -0.05) is 23.7 Å². The summed E-state index contributed by atoms with van der Waals surface area (Å²) in [5.41, 5.74) is 0.679. The molecule has 1 saturated carbocycles. The lowest BCUT2D eigenvalue weighted by molar-refractivity contribution is -0.154. The van der Waals surface area contributed by atoms with Crippen LogP contribution in [0.5, 0.6) is 6.01 Å². The minimum atomic E-state index is -4.64. The number of amides is 3. The minimum Gasteiger partial charge on any atom is -0.480 e. The first-order chi connectivity index (χ1) is 21.3. The van der Waals surface area contributed by atoms with Gasteiger partial charge in [0.05, 0.1) is 5.54 Å². The number of benzene rings is 2.